The van der Waals surface area contributed by atoms with Gasteiger partial charge in [0.1, 0.15) is 17.9 Å². The van der Waals surface area contributed by atoms with Crippen molar-refractivity contribution in [3.8, 4) is 11.6 Å². The van der Waals surface area contributed by atoms with Crippen LogP contribution in [0, 0.1) is 0 Å². The van der Waals surface area contributed by atoms with Gasteiger partial charge in [-0.2, -0.15) is 0 Å². The van der Waals surface area contributed by atoms with E-state index in [0.717, 1.165) is 22.5 Å². The van der Waals surface area contributed by atoms with E-state index in [2.05, 4.69) is 9.97 Å². The summed E-state index contributed by atoms with van der Waals surface area (Å²) < 4.78 is 7.53. The number of aromatic nitrogens is 3. The highest BCUT2D eigenvalue weighted by Crippen LogP contribution is 2.28. The Morgan fingerprint density at radius 2 is 2.21 bits per heavy atom. The fourth-order valence-electron chi connectivity index (χ4n) is 2.00. The van der Waals surface area contributed by atoms with Gasteiger partial charge in [-0.1, -0.05) is 0 Å². The van der Waals surface area contributed by atoms with Gasteiger partial charge in [0.25, 0.3) is 0 Å². The number of hydrogen-bond donors (Lipinski definition) is 1. The monoisotopic (exact) mass is 254 g/mol. The number of anilines is 1. The quantitative estimate of drug-likeness (QED) is 0.729. The predicted molar refractivity (Wildman–Crippen MR) is 74.4 cm³/mol. The zero-order valence-corrected chi connectivity index (χ0v) is 10.6. The molecule has 5 heteroatoms. The fourth-order valence-corrected chi connectivity index (χ4v) is 2.00. The standard InChI is InChI=1S/C14H14N4O/c1-2-19-13-8-14(18-6-5-16-9-18)17-12-4-3-10(15)7-11(12)13/h3-9H,2,15H2,1H3. The fraction of sp³-hybridized carbons (Fsp3) is 0.143. The second-order valence-corrected chi connectivity index (χ2v) is 4.16. The van der Waals surface area contributed by atoms with Crippen LogP contribution in [-0.4, -0.2) is 21.1 Å². The maximum absolute atomic E-state index is 5.82. The molecular weight excluding hydrogens is 240 g/mol. The van der Waals surface area contributed by atoms with Crippen molar-refractivity contribution in [2.24, 2.45) is 0 Å². The molecule has 0 radical (unpaired) electrons. The van der Waals surface area contributed by atoms with Crippen LogP contribution in [0.3, 0.4) is 0 Å². The van der Waals surface area contributed by atoms with Crippen LogP contribution in [0.25, 0.3) is 16.7 Å². The maximum Gasteiger partial charge on any atom is 0.142 e. The Labute approximate surface area is 110 Å². The number of pyridine rings is 1. The van der Waals surface area contributed by atoms with Gasteiger partial charge >= 0.3 is 0 Å². The first-order valence-corrected chi connectivity index (χ1v) is 6.09. The van der Waals surface area contributed by atoms with E-state index in [1.165, 1.54) is 0 Å². The first-order chi connectivity index (χ1) is 9.28. The summed E-state index contributed by atoms with van der Waals surface area (Å²) in [7, 11) is 0. The maximum atomic E-state index is 5.82. The highest BCUT2D eigenvalue weighted by Gasteiger charge is 2.08. The van der Waals surface area contributed by atoms with E-state index in [0.29, 0.717) is 12.3 Å². The van der Waals surface area contributed by atoms with Crippen molar-refractivity contribution < 1.29 is 4.74 Å². The first-order valence-electron chi connectivity index (χ1n) is 6.09. The number of fused-ring (bicyclic) bond motifs is 1. The normalized spacial score (nSPS) is 10.8. The summed E-state index contributed by atoms with van der Waals surface area (Å²) in [6.45, 7) is 2.55. The molecule has 3 aromatic rings. The second-order valence-electron chi connectivity index (χ2n) is 4.16. The molecule has 0 fully saturated rings. The molecule has 2 N–H and O–H groups in total. The molecule has 0 spiro atoms. The minimum atomic E-state index is 0.595. The second kappa shape index (κ2) is 4.61. The molecule has 0 aliphatic heterocycles. The number of ether oxygens (including phenoxy) is 1. The van der Waals surface area contributed by atoms with Crippen LogP contribution >= 0.6 is 0 Å². The van der Waals surface area contributed by atoms with Gasteiger partial charge in [-0.3, -0.25) is 4.57 Å². The van der Waals surface area contributed by atoms with Crippen molar-refractivity contribution in [1.29, 1.82) is 0 Å². The van der Waals surface area contributed by atoms with Crippen LogP contribution in [0.2, 0.25) is 0 Å². The van der Waals surface area contributed by atoms with Crippen LogP contribution in [0.15, 0.2) is 43.0 Å². The third kappa shape index (κ3) is 2.10. The number of nitrogen functional groups attached to an aromatic ring is 1. The molecular formula is C14H14N4O. The molecule has 0 unspecified atom stereocenters. The van der Waals surface area contributed by atoms with Gasteiger partial charge in [-0.15, -0.1) is 0 Å². The smallest absolute Gasteiger partial charge is 0.142 e. The van der Waals surface area contributed by atoms with E-state index >= 15 is 0 Å². The van der Waals surface area contributed by atoms with Gasteiger partial charge in [-0.25, -0.2) is 9.97 Å². The van der Waals surface area contributed by atoms with Gasteiger partial charge < -0.3 is 10.5 Å². The molecule has 0 saturated heterocycles. The molecule has 0 aliphatic carbocycles. The van der Waals surface area contributed by atoms with Crippen LogP contribution in [0.5, 0.6) is 5.75 Å². The van der Waals surface area contributed by atoms with Crippen LogP contribution in [0.1, 0.15) is 6.92 Å². The Morgan fingerprint density at radius 1 is 1.32 bits per heavy atom. The topological polar surface area (TPSA) is 66.0 Å². The lowest BCUT2D eigenvalue weighted by atomic mass is 10.2. The van der Waals surface area contributed by atoms with Gasteiger partial charge in [0.05, 0.1) is 12.1 Å². The van der Waals surface area contributed by atoms with Crippen molar-refractivity contribution in [1.82, 2.24) is 14.5 Å². The minimum absolute atomic E-state index is 0.595. The summed E-state index contributed by atoms with van der Waals surface area (Å²) in [4.78, 5) is 8.62. The predicted octanol–water partition coefficient (Wildman–Crippen LogP) is 2.40. The minimum Gasteiger partial charge on any atom is -0.493 e. The molecule has 2 aromatic heterocycles. The van der Waals surface area contributed by atoms with Gasteiger partial charge in [0, 0.05) is 29.5 Å². The van der Waals surface area contributed by atoms with Crippen molar-refractivity contribution in [3.63, 3.8) is 0 Å². The van der Waals surface area contributed by atoms with E-state index in [1.807, 2.05) is 42.0 Å². The number of rotatable bonds is 3. The molecule has 19 heavy (non-hydrogen) atoms. The Bertz CT molecular complexity index is 707. The summed E-state index contributed by atoms with van der Waals surface area (Å²) in [5.41, 5.74) is 7.37. The zero-order valence-electron chi connectivity index (χ0n) is 10.6. The number of imidazole rings is 1. The molecule has 0 aliphatic rings. The van der Waals surface area contributed by atoms with Crippen molar-refractivity contribution in [2.45, 2.75) is 6.92 Å². The van der Waals surface area contributed by atoms with E-state index in [-0.39, 0.29) is 0 Å². The van der Waals surface area contributed by atoms with Crippen molar-refractivity contribution in [3.05, 3.63) is 43.0 Å². The van der Waals surface area contributed by atoms with E-state index in [9.17, 15) is 0 Å². The Morgan fingerprint density at radius 3 is 2.95 bits per heavy atom. The summed E-state index contributed by atoms with van der Waals surface area (Å²) in [6.07, 6.45) is 5.28. The van der Waals surface area contributed by atoms with Crippen molar-refractivity contribution in [2.75, 3.05) is 12.3 Å². The Balaban J connectivity index is 2.24. The van der Waals surface area contributed by atoms with Gasteiger partial charge in [0.2, 0.25) is 0 Å². The third-order valence-electron chi connectivity index (χ3n) is 2.85. The Hall–Kier alpha value is -2.56. The molecule has 96 valence electrons. The highest BCUT2D eigenvalue weighted by atomic mass is 16.5. The van der Waals surface area contributed by atoms with Gasteiger partial charge in [0.15, 0.2) is 0 Å². The van der Waals surface area contributed by atoms with Crippen molar-refractivity contribution >= 4 is 16.6 Å². The van der Waals surface area contributed by atoms with E-state index in [4.69, 9.17) is 10.5 Å². The number of nitrogens with zero attached hydrogens (tertiary/aromatic N) is 3. The largest absolute Gasteiger partial charge is 0.493 e. The zero-order chi connectivity index (χ0) is 13.2. The summed E-state index contributed by atoms with van der Waals surface area (Å²) in [5, 5.41) is 0.922. The molecule has 2 heterocycles. The van der Waals surface area contributed by atoms with Crippen LogP contribution < -0.4 is 10.5 Å². The molecule has 0 atom stereocenters. The number of benzene rings is 1. The average molecular weight is 254 g/mol. The number of nitrogens with two attached hydrogens (primary N) is 1. The molecule has 0 saturated carbocycles. The Kier molecular flexibility index (Phi) is 2.79. The lowest BCUT2D eigenvalue weighted by molar-refractivity contribution is 0.344. The average Bonchev–Trinajstić information content (AvgIpc) is 2.93. The third-order valence-corrected chi connectivity index (χ3v) is 2.85. The lowest BCUT2D eigenvalue weighted by Crippen LogP contribution is -2.00. The van der Waals surface area contributed by atoms with Crippen LogP contribution in [-0.2, 0) is 0 Å². The summed E-state index contributed by atoms with van der Waals surface area (Å²) >= 11 is 0. The van der Waals surface area contributed by atoms with Gasteiger partial charge in [-0.05, 0) is 25.1 Å². The molecule has 1 aromatic carbocycles. The summed E-state index contributed by atoms with van der Waals surface area (Å²) in [5.74, 6) is 1.56. The molecule has 0 bridgehead atoms. The summed E-state index contributed by atoms with van der Waals surface area (Å²) in [6, 6.07) is 7.51. The van der Waals surface area contributed by atoms with E-state index in [1.54, 1.807) is 12.5 Å². The SMILES string of the molecule is CCOc1cc(-n2ccnc2)nc2ccc(N)cc12. The first kappa shape index (κ1) is 11.5. The highest BCUT2D eigenvalue weighted by molar-refractivity contribution is 5.88. The molecule has 5 nitrogen and oxygen atoms in total. The van der Waals surface area contributed by atoms with Crippen LogP contribution in [0.4, 0.5) is 5.69 Å². The molecule has 3 rings (SSSR count). The molecule has 0 amide bonds. The van der Waals surface area contributed by atoms with E-state index < -0.39 is 0 Å². The lowest BCUT2D eigenvalue weighted by Gasteiger charge is -2.10. The number of hydrogen-bond acceptors (Lipinski definition) is 4.